The van der Waals surface area contributed by atoms with Crippen molar-refractivity contribution in [2.45, 2.75) is 84.3 Å². The van der Waals surface area contributed by atoms with Crippen LogP contribution in [0.5, 0.6) is 0 Å². The lowest BCUT2D eigenvalue weighted by Crippen LogP contribution is -2.30. The Morgan fingerprint density at radius 1 is 0.963 bits per heavy atom. The van der Waals surface area contributed by atoms with Crippen molar-refractivity contribution in [1.82, 2.24) is 0 Å². The van der Waals surface area contributed by atoms with Crippen molar-refractivity contribution in [3.8, 4) is 0 Å². The Labute approximate surface area is 162 Å². The van der Waals surface area contributed by atoms with E-state index < -0.39 is 23.6 Å². The molecule has 2 aliphatic rings. The molecule has 5 heteroatoms. The Morgan fingerprint density at radius 3 is 2.22 bits per heavy atom. The van der Waals surface area contributed by atoms with Gasteiger partial charge in [0.25, 0.3) is 0 Å². The Morgan fingerprint density at radius 2 is 1.59 bits per heavy atom. The SMILES string of the molecule is CCCCCCCCCCCC1=C(O)C(=O)C2=C(O[C@H](OCC)C=C2)C1=O. The van der Waals surface area contributed by atoms with Crippen LogP contribution in [0.3, 0.4) is 0 Å². The van der Waals surface area contributed by atoms with Gasteiger partial charge in [0.15, 0.2) is 11.5 Å². The predicted octanol–water partition coefficient (Wildman–Crippen LogP) is 5.07. The van der Waals surface area contributed by atoms with Crippen molar-refractivity contribution < 1.29 is 24.2 Å². The lowest BCUT2D eigenvalue weighted by molar-refractivity contribution is -0.129. The predicted molar refractivity (Wildman–Crippen MR) is 104 cm³/mol. The molecule has 2 rings (SSSR count). The van der Waals surface area contributed by atoms with E-state index in [-0.39, 0.29) is 16.9 Å². The summed E-state index contributed by atoms with van der Waals surface area (Å²) in [6.45, 7) is 4.48. The molecule has 1 aliphatic heterocycles. The third-order valence-electron chi connectivity index (χ3n) is 4.99. The first kappa shape index (κ1) is 21.4. The summed E-state index contributed by atoms with van der Waals surface area (Å²) in [5, 5.41) is 10.2. The van der Waals surface area contributed by atoms with Gasteiger partial charge in [-0.15, -0.1) is 0 Å². The van der Waals surface area contributed by atoms with Crippen LogP contribution in [0.15, 0.2) is 34.8 Å². The first-order valence-corrected chi connectivity index (χ1v) is 10.3. The average Bonchev–Trinajstić information content (AvgIpc) is 2.67. The van der Waals surface area contributed by atoms with Crippen LogP contribution in [0.1, 0.15) is 78.1 Å². The molecule has 0 fully saturated rings. The topological polar surface area (TPSA) is 72.8 Å². The van der Waals surface area contributed by atoms with Gasteiger partial charge in [0.05, 0.1) is 5.57 Å². The van der Waals surface area contributed by atoms with Gasteiger partial charge in [0.1, 0.15) is 0 Å². The smallest absolute Gasteiger partial charge is 0.231 e. The summed E-state index contributed by atoms with van der Waals surface area (Å²) in [5.41, 5.74) is 0.288. The standard InChI is InChI=1S/C22H32O5/c1-3-5-6-7-8-9-10-11-12-13-16-19(23)20(24)17-14-15-18(26-4-2)27-22(17)21(16)25/h14-15,18,23H,3-13H2,1-2H3/t18-/m0/s1. The summed E-state index contributed by atoms with van der Waals surface area (Å²) >= 11 is 0. The first-order valence-electron chi connectivity index (χ1n) is 10.3. The van der Waals surface area contributed by atoms with E-state index in [4.69, 9.17) is 9.47 Å². The molecule has 0 unspecified atom stereocenters. The number of aliphatic hydroxyl groups excluding tert-OH is 1. The van der Waals surface area contributed by atoms with Crippen LogP contribution in [-0.4, -0.2) is 29.6 Å². The normalized spacial score (nSPS) is 19.6. The molecule has 0 aromatic rings. The number of ether oxygens (including phenoxy) is 2. The second kappa shape index (κ2) is 11.1. The minimum absolute atomic E-state index is 0.00433. The highest BCUT2D eigenvalue weighted by Crippen LogP contribution is 2.31. The molecule has 150 valence electrons. The Hall–Kier alpha value is -1.88. The maximum absolute atomic E-state index is 12.7. The molecule has 0 bridgehead atoms. The van der Waals surface area contributed by atoms with Gasteiger partial charge in [-0.05, 0) is 31.9 Å². The van der Waals surface area contributed by atoms with Gasteiger partial charge in [-0.25, -0.2) is 0 Å². The van der Waals surface area contributed by atoms with Gasteiger partial charge in [-0.1, -0.05) is 58.3 Å². The van der Waals surface area contributed by atoms with E-state index in [1.807, 2.05) is 6.92 Å². The van der Waals surface area contributed by atoms with Gasteiger partial charge < -0.3 is 14.6 Å². The second-order valence-corrected chi connectivity index (χ2v) is 7.11. The van der Waals surface area contributed by atoms with Gasteiger partial charge in [0.2, 0.25) is 17.9 Å². The Kier molecular flexibility index (Phi) is 8.79. The molecule has 0 spiro atoms. The minimum Gasteiger partial charge on any atom is -0.504 e. The van der Waals surface area contributed by atoms with Gasteiger partial charge >= 0.3 is 0 Å². The number of Topliss-reactive ketones (excluding diaryl/α,β-unsaturated/α-hetero) is 2. The zero-order valence-electron chi connectivity index (χ0n) is 16.6. The minimum atomic E-state index is -0.667. The molecule has 0 amide bonds. The fraction of sp³-hybridized carbons (Fsp3) is 0.636. The molecule has 0 aromatic heterocycles. The fourth-order valence-electron chi connectivity index (χ4n) is 3.43. The van der Waals surface area contributed by atoms with Crippen LogP contribution < -0.4 is 0 Å². The molecule has 0 saturated carbocycles. The maximum Gasteiger partial charge on any atom is 0.231 e. The highest BCUT2D eigenvalue weighted by atomic mass is 16.7. The molecule has 27 heavy (non-hydrogen) atoms. The van der Waals surface area contributed by atoms with Crippen LogP contribution in [0.4, 0.5) is 0 Å². The molecule has 5 nitrogen and oxygen atoms in total. The number of carbonyl (C=O) groups is 2. The number of aliphatic hydroxyl groups is 1. The van der Waals surface area contributed by atoms with Crippen LogP contribution in [0.25, 0.3) is 0 Å². The van der Waals surface area contributed by atoms with E-state index in [0.29, 0.717) is 13.0 Å². The average molecular weight is 376 g/mol. The molecular formula is C22H32O5. The number of ketones is 2. The lowest BCUT2D eigenvalue weighted by atomic mass is 9.89. The van der Waals surface area contributed by atoms with Gasteiger partial charge in [0, 0.05) is 12.2 Å². The Balaban J connectivity index is 1.81. The van der Waals surface area contributed by atoms with Gasteiger partial charge in [-0.3, -0.25) is 9.59 Å². The summed E-state index contributed by atoms with van der Waals surface area (Å²) in [6, 6.07) is 0. The first-order chi connectivity index (χ1) is 13.1. The largest absolute Gasteiger partial charge is 0.504 e. The molecule has 1 atom stereocenters. The molecule has 0 radical (unpaired) electrons. The maximum atomic E-state index is 12.7. The zero-order chi connectivity index (χ0) is 19.6. The van der Waals surface area contributed by atoms with Gasteiger partial charge in [-0.2, -0.15) is 0 Å². The third kappa shape index (κ3) is 5.80. The van der Waals surface area contributed by atoms with Crippen molar-refractivity contribution in [2.24, 2.45) is 0 Å². The van der Waals surface area contributed by atoms with Crippen molar-refractivity contribution in [3.05, 3.63) is 34.8 Å². The van der Waals surface area contributed by atoms with E-state index in [1.54, 1.807) is 6.08 Å². The third-order valence-corrected chi connectivity index (χ3v) is 4.99. The molecule has 1 heterocycles. The van der Waals surface area contributed by atoms with E-state index in [1.165, 1.54) is 44.6 Å². The number of allylic oxidation sites excluding steroid dienone is 3. The van der Waals surface area contributed by atoms with Crippen molar-refractivity contribution >= 4 is 11.6 Å². The Bertz CT molecular complexity index is 627. The highest BCUT2D eigenvalue weighted by Gasteiger charge is 2.37. The summed E-state index contributed by atoms with van der Waals surface area (Å²) in [5.74, 6) is -1.36. The number of hydrogen-bond acceptors (Lipinski definition) is 5. The van der Waals surface area contributed by atoms with Crippen LogP contribution in [-0.2, 0) is 19.1 Å². The number of hydrogen-bond donors (Lipinski definition) is 1. The molecule has 0 saturated heterocycles. The van der Waals surface area contributed by atoms with Crippen LogP contribution in [0.2, 0.25) is 0 Å². The summed E-state index contributed by atoms with van der Waals surface area (Å²) in [6.07, 6.45) is 13.3. The van der Waals surface area contributed by atoms with E-state index >= 15 is 0 Å². The van der Waals surface area contributed by atoms with Crippen molar-refractivity contribution in [2.75, 3.05) is 6.61 Å². The highest BCUT2D eigenvalue weighted by molar-refractivity contribution is 6.24. The number of carbonyl (C=O) groups excluding carboxylic acids is 2. The number of rotatable bonds is 12. The van der Waals surface area contributed by atoms with E-state index in [0.717, 1.165) is 19.3 Å². The summed E-state index contributed by atoms with van der Waals surface area (Å²) < 4.78 is 10.9. The monoisotopic (exact) mass is 376 g/mol. The fourth-order valence-corrected chi connectivity index (χ4v) is 3.43. The molecule has 1 N–H and O–H groups in total. The second-order valence-electron chi connectivity index (χ2n) is 7.11. The zero-order valence-corrected chi connectivity index (χ0v) is 16.6. The van der Waals surface area contributed by atoms with Crippen LogP contribution >= 0.6 is 0 Å². The van der Waals surface area contributed by atoms with E-state index in [9.17, 15) is 14.7 Å². The quantitative estimate of drug-likeness (QED) is 0.380. The van der Waals surface area contributed by atoms with Crippen molar-refractivity contribution in [1.29, 1.82) is 0 Å². The molecule has 0 aromatic carbocycles. The van der Waals surface area contributed by atoms with Crippen molar-refractivity contribution in [3.63, 3.8) is 0 Å². The van der Waals surface area contributed by atoms with E-state index in [2.05, 4.69) is 6.92 Å². The molecular weight excluding hydrogens is 344 g/mol. The molecule has 1 aliphatic carbocycles. The summed E-state index contributed by atoms with van der Waals surface area (Å²) in [4.78, 5) is 25.0. The van der Waals surface area contributed by atoms with Crippen LogP contribution in [0, 0.1) is 0 Å². The summed E-state index contributed by atoms with van der Waals surface area (Å²) in [7, 11) is 0. The number of unbranched alkanes of at least 4 members (excludes halogenated alkanes) is 8. The lowest BCUT2D eigenvalue weighted by Gasteiger charge is -2.26.